The monoisotopic (exact) mass is 379 g/mol. The molecule has 0 unspecified atom stereocenters. The number of hydrogen-bond acceptors (Lipinski definition) is 6. The van der Waals surface area contributed by atoms with Gasteiger partial charge in [0.1, 0.15) is 5.82 Å². The highest BCUT2D eigenvalue weighted by Gasteiger charge is 2.29. The number of carbonyl (C=O) groups excluding carboxylic acids is 1. The van der Waals surface area contributed by atoms with Crippen LogP contribution in [-0.4, -0.2) is 46.9 Å². The Labute approximate surface area is 151 Å². The summed E-state index contributed by atoms with van der Waals surface area (Å²) in [6.45, 7) is 0.791. The second kappa shape index (κ2) is 7.50. The highest BCUT2D eigenvalue weighted by Crippen LogP contribution is 2.22. The molecule has 3 rings (SSSR count). The molecule has 1 aliphatic rings. The third-order valence-corrected chi connectivity index (χ3v) is 5.41. The SMILES string of the molecule is NCc1nc(-c2ccc(NC(=O)C3CCN(S(N)(=O)=O)CC3)cc2)n[nH]1. The van der Waals surface area contributed by atoms with Crippen molar-refractivity contribution in [3.8, 4) is 11.4 Å². The van der Waals surface area contributed by atoms with Crippen molar-refractivity contribution in [1.29, 1.82) is 0 Å². The summed E-state index contributed by atoms with van der Waals surface area (Å²) >= 11 is 0. The van der Waals surface area contributed by atoms with Crippen molar-refractivity contribution in [2.24, 2.45) is 16.8 Å². The van der Waals surface area contributed by atoms with Gasteiger partial charge in [0, 0.05) is 30.3 Å². The van der Waals surface area contributed by atoms with Crippen LogP contribution in [0.25, 0.3) is 11.4 Å². The van der Waals surface area contributed by atoms with E-state index >= 15 is 0 Å². The predicted molar refractivity (Wildman–Crippen MR) is 95.7 cm³/mol. The summed E-state index contributed by atoms with van der Waals surface area (Å²) in [7, 11) is -3.69. The van der Waals surface area contributed by atoms with Crippen molar-refractivity contribution in [2.45, 2.75) is 19.4 Å². The summed E-state index contributed by atoms with van der Waals surface area (Å²) in [6.07, 6.45) is 0.888. The summed E-state index contributed by atoms with van der Waals surface area (Å²) in [6, 6.07) is 7.15. The smallest absolute Gasteiger partial charge is 0.276 e. The van der Waals surface area contributed by atoms with Crippen LogP contribution in [0.15, 0.2) is 24.3 Å². The van der Waals surface area contributed by atoms with Crippen LogP contribution < -0.4 is 16.2 Å². The average Bonchev–Trinajstić information content (AvgIpc) is 3.11. The predicted octanol–water partition coefficient (Wildman–Crippen LogP) is -0.216. The Balaban J connectivity index is 1.58. The Bertz CT molecular complexity index is 871. The molecule has 0 aliphatic carbocycles. The van der Waals surface area contributed by atoms with Gasteiger partial charge in [0.15, 0.2) is 5.82 Å². The first-order valence-electron chi connectivity index (χ1n) is 8.17. The van der Waals surface area contributed by atoms with Crippen molar-refractivity contribution >= 4 is 21.8 Å². The van der Waals surface area contributed by atoms with E-state index in [2.05, 4.69) is 20.5 Å². The van der Waals surface area contributed by atoms with Gasteiger partial charge < -0.3 is 11.1 Å². The molecule has 0 bridgehead atoms. The molecule has 26 heavy (non-hydrogen) atoms. The number of H-pyrrole nitrogens is 1. The van der Waals surface area contributed by atoms with Crippen molar-refractivity contribution in [2.75, 3.05) is 18.4 Å². The van der Waals surface area contributed by atoms with Crippen molar-refractivity contribution in [3.63, 3.8) is 0 Å². The molecule has 1 aromatic heterocycles. The van der Waals surface area contributed by atoms with Crippen molar-refractivity contribution in [3.05, 3.63) is 30.1 Å². The molecule has 0 radical (unpaired) electrons. The maximum atomic E-state index is 12.4. The molecule has 1 amide bonds. The molecule has 1 aromatic carbocycles. The third-order valence-electron chi connectivity index (χ3n) is 4.32. The first-order valence-corrected chi connectivity index (χ1v) is 9.67. The molecule has 2 aromatic rings. The van der Waals surface area contributed by atoms with E-state index < -0.39 is 10.2 Å². The minimum absolute atomic E-state index is 0.130. The summed E-state index contributed by atoms with van der Waals surface area (Å²) in [4.78, 5) is 16.6. The Kier molecular flexibility index (Phi) is 5.32. The van der Waals surface area contributed by atoms with E-state index in [1.54, 1.807) is 12.1 Å². The zero-order valence-corrected chi connectivity index (χ0v) is 14.9. The number of amides is 1. The maximum Gasteiger partial charge on any atom is 0.276 e. The zero-order valence-electron chi connectivity index (χ0n) is 14.1. The number of nitrogens with zero attached hydrogens (tertiary/aromatic N) is 3. The number of hydrogen-bond donors (Lipinski definition) is 4. The van der Waals surface area contributed by atoms with E-state index in [-0.39, 0.29) is 31.5 Å². The first kappa shape index (κ1) is 18.5. The Morgan fingerprint density at radius 2 is 1.92 bits per heavy atom. The average molecular weight is 379 g/mol. The van der Waals surface area contributed by atoms with Crippen LogP contribution in [0.4, 0.5) is 5.69 Å². The minimum Gasteiger partial charge on any atom is -0.326 e. The summed E-state index contributed by atoms with van der Waals surface area (Å²) in [5, 5.41) is 14.8. The van der Waals surface area contributed by atoms with Crippen molar-refractivity contribution in [1.82, 2.24) is 19.5 Å². The first-order chi connectivity index (χ1) is 12.4. The number of benzene rings is 1. The van der Waals surface area contributed by atoms with Crippen LogP contribution in [0.3, 0.4) is 0 Å². The highest BCUT2D eigenvalue weighted by atomic mass is 32.2. The molecule has 0 spiro atoms. The Hall–Kier alpha value is -2.34. The molecule has 1 aliphatic heterocycles. The summed E-state index contributed by atoms with van der Waals surface area (Å²) < 4.78 is 23.8. The minimum atomic E-state index is -3.69. The molecule has 1 saturated heterocycles. The highest BCUT2D eigenvalue weighted by molar-refractivity contribution is 7.86. The maximum absolute atomic E-state index is 12.4. The van der Waals surface area contributed by atoms with Crippen LogP contribution in [0.2, 0.25) is 0 Å². The quantitative estimate of drug-likeness (QED) is 0.562. The molecular weight excluding hydrogens is 358 g/mol. The van der Waals surface area contributed by atoms with Gasteiger partial charge in [0.25, 0.3) is 10.2 Å². The number of nitrogens with two attached hydrogens (primary N) is 2. The molecular formula is C15H21N7O3S. The van der Waals surface area contributed by atoms with E-state index in [4.69, 9.17) is 10.9 Å². The van der Waals surface area contributed by atoms with Crippen molar-refractivity contribution < 1.29 is 13.2 Å². The molecule has 140 valence electrons. The molecule has 1 fully saturated rings. The van der Waals surface area contributed by atoms with Crippen LogP contribution in [0.1, 0.15) is 18.7 Å². The van der Waals surface area contributed by atoms with Gasteiger partial charge in [-0.05, 0) is 37.1 Å². The van der Waals surface area contributed by atoms with Gasteiger partial charge in [0.05, 0.1) is 6.54 Å². The van der Waals surface area contributed by atoms with Gasteiger partial charge in [-0.1, -0.05) is 0 Å². The van der Waals surface area contributed by atoms with E-state index in [1.165, 1.54) is 4.31 Å². The molecule has 0 atom stereocenters. The third kappa shape index (κ3) is 4.25. The lowest BCUT2D eigenvalue weighted by Gasteiger charge is -2.29. The Morgan fingerprint density at radius 1 is 1.27 bits per heavy atom. The van der Waals surface area contributed by atoms with E-state index in [0.717, 1.165) is 5.56 Å². The lowest BCUT2D eigenvalue weighted by atomic mass is 9.97. The zero-order chi connectivity index (χ0) is 18.7. The molecule has 10 nitrogen and oxygen atoms in total. The number of rotatable bonds is 5. The number of carbonyl (C=O) groups is 1. The topological polar surface area (TPSA) is 160 Å². The second-order valence-corrected chi connectivity index (χ2v) is 7.64. The van der Waals surface area contributed by atoms with Crippen LogP contribution in [0.5, 0.6) is 0 Å². The van der Waals surface area contributed by atoms with Gasteiger partial charge >= 0.3 is 0 Å². The van der Waals surface area contributed by atoms with Gasteiger partial charge in [-0.25, -0.2) is 10.1 Å². The number of nitrogens with one attached hydrogen (secondary N) is 2. The Morgan fingerprint density at radius 3 is 2.46 bits per heavy atom. The fourth-order valence-corrected chi connectivity index (χ4v) is 3.55. The van der Waals surface area contributed by atoms with Gasteiger partial charge in [-0.15, -0.1) is 0 Å². The van der Waals surface area contributed by atoms with Crippen LogP contribution >= 0.6 is 0 Å². The van der Waals surface area contributed by atoms with E-state index in [0.29, 0.717) is 30.2 Å². The fourth-order valence-electron chi connectivity index (χ4n) is 2.84. The fraction of sp³-hybridized carbons (Fsp3) is 0.400. The van der Waals surface area contributed by atoms with Gasteiger partial charge in [-0.2, -0.15) is 17.8 Å². The number of aromatic nitrogens is 3. The summed E-state index contributed by atoms with van der Waals surface area (Å²) in [5.74, 6) is 0.768. The largest absolute Gasteiger partial charge is 0.326 e. The standard InChI is InChI=1S/C15H21N7O3S/c16-9-13-19-14(21-20-13)10-1-3-12(4-2-10)18-15(23)11-5-7-22(8-6-11)26(17,24)25/h1-4,11H,5-9,16H2,(H,18,23)(H2,17,24,25)(H,19,20,21). The molecule has 2 heterocycles. The lowest BCUT2D eigenvalue weighted by molar-refractivity contribution is -0.120. The molecule has 11 heteroatoms. The van der Waals surface area contributed by atoms with E-state index in [1.807, 2.05) is 12.1 Å². The molecule has 6 N–H and O–H groups in total. The second-order valence-electron chi connectivity index (χ2n) is 6.09. The number of anilines is 1. The summed E-state index contributed by atoms with van der Waals surface area (Å²) in [5.41, 5.74) is 6.96. The normalized spacial score (nSPS) is 16.5. The van der Waals surface area contributed by atoms with E-state index in [9.17, 15) is 13.2 Å². The van der Waals surface area contributed by atoms with Crippen LogP contribution in [0, 0.1) is 5.92 Å². The molecule has 0 saturated carbocycles. The lowest BCUT2D eigenvalue weighted by Crippen LogP contribution is -2.44. The number of aromatic amines is 1. The van der Waals surface area contributed by atoms with Crippen LogP contribution in [-0.2, 0) is 21.5 Å². The van der Waals surface area contributed by atoms with Gasteiger partial charge in [-0.3, -0.25) is 9.89 Å². The van der Waals surface area contributed by atoms with Gasteiger partial charge in [0.2, 0.25) is 5.91 Å². The number of piperidine rings is 1.